The van der Waals surface area contributed by atoms with Gasteiger partial charge in [0.1, 0.15) is 5.82 Å². The van der Waals surface area contributed by atoms with Crippen molar-refractivity contribution in [1.29, 1.82) is 0 Å². The predicted octanol–water partition coefficient (Wildman–Crippen LogP) is 3.72. The van der Waals surface area contributed by atoms with E-state index in [1.807, 2.05) is 17.7 Å². The van der Waals surface area contributed by atoms with Crippen LogP contribution in [0, 0.1) is 11.7 Å². The first kappa shape index (κ1) is 19.1. The zero-order chi connectivity index (χ0) is 19.5. The molecule has 146 valence electrons. The smallest absolute Gasteiger partial charge is 0.199 e. The van der Waals surface area contributed by atoms with Crippen LogP contribution < -0.4 is 0 Å². The molecule has 0 bridgehead atoms. The van der Waals surface area contributed by atoms with Gasteiger partial charge in [0.2, 0.25) is 0 Å². The molecule has 2 heterocycles. The largest absolute Gasteiger partial charge is 0.303 e. The van der Waals surface area contributed by atoms with Gasteiger partial charge in [-0.2, -0.15) is 5.10 Å². The van der Waals surface area contributed by atoms with Crippen LogP contribution in [0.2, 0.25) is 0 Å². The first-order valence-corrected chi connectivity index (χ1v) is 10.2. The second-order valence-corrected chi connectivity index (χ2v) is 7.91. The summed E-state index contributed by atoms with van der Waals surface area (Å²) in [7, 11) is 2.19. The van der Waals surface area contributed by atoms with Crippen LogP contribution in [0.4, 0.5) is 0 Å². The van der Waals surface area contributed by atoms with E-state index in [2.05, 4.69) is 76.0 Å². The van der Waals surface area contributed by atoms with Crippen molar-refractivity contribution in [3.05, 3.63) is 82.4 Å². The molecule has 28 heavy (non-hydrogen) atoms. The van der Waals surface area contributed by atoms with E-state index in [0.717, 1.165) is 43.4 Å². The fourth-order valence-electron chi connectivity index (χ4n) is 3.88. The van der Waals surface area contributed by atoms with Crippen molar-refractivity contribution < 1.29 is 0 Å². The van der Waals surface area contributed by atoms with Gasteiger partial charge in [-0.1, -0.05) is 60.7 Å². The summed E-state index contributed by atoms with van der Waals surface area (Å²) in [5.41, 5.74) is 2.59. The molecule has 2 aromatic carbocycles. The number of aryl methyl sites for hydroxylation is 1. The molecule has 0 amide bonds. The normalized spacial score (nSPS) is 18.4. The molecule has 1 atom stereocenters. The Kier molecular flexibility index (Phi) is 5.71. The maximum atomic E-state index is 5.79. The Morgan fingerprint density at radius 1 is 1.00 bits per heavy atom. The van der Waals surface area contributed by atoms with Crippen molar-refractivity contribution >= 4 is 12.2 Å². The highest BCUT2D eigenvalue weighted by Gasteiger charge is 2.27. The van der Waals surface area contributed by atoms with Gasteiger partial charge < -0.3 is 4.90 Å². The summed E-state index contributed by atoms with van der Waals surface area (Å²) in [6, 6.07) is 21.5. The molecule has 0 N–H and O–H groups in total. The number of rotatable bonds is 5. The number of likely N-dealkylation sites (N-methyl/N-ethyl adjacent to an activating group) is 1. The van der Waals surface area contributed by atoms with E-state index in [4.69, 9.17) is 17.3 Å². The van der Waals surface area contributed by atoms with E-state index < -0.39 is 0 Å². The molecule has 1 fully saturated rings. The summed E-state index contributed by atoms with van der Waals surface area (Å²) in [4.78, 5) is 4.89. The Balaban J connectivity index is 1.58. The quantitative estimate of drug-likeness (QED) is 0.618. The Hall–Kier alpha value is -2.28. The van der Waals surface area contributed by atoms with E-state index >= 15 is 0 Å². The van der Waals surface area contributed by atoms with Gasteiger partial charge in [0.25, 0.3) is 0 Å². The Bertz CT molecular complexity index is 964. The van der Waals surface area contributed by atoms with Crippen LogP contribution in [0.25, 0.3) is 0 Å². The number of hydrogen-bond acceptors (Lipinski definition) is 4. The van der Waals surface area contributed by atoms with Crippen molar-refractivity contribution in [2.45, 2.75) is 26.2 Å². The predicted molar refractivity (Wildman–Crippen MR) is 115 cm³/mol. The van der Waals surface area contributed by atoms with Gasteiger partial charge in [-0.25, -0.2) is 4.68 Å². The van der Waals surface area contributed by atoms with Gasteiger partial charge in [0.15, 0.2) is 4.77 Å². The van der Waals surface area contributed by atoms with Crippen molar-refractivity contribution in [1.82, 2.24) is 24.1 Å². The SMILES string of the molecule is Cc1nn(CN2CCN(C)C[C@H]2c2ccccc2)c(=S)n1Cc1ccccc1. The molecule has 0 saturated carbocycles. The van der Waals surface area contributed by atoms with Crippen LogP contribution in [0.15, 0.2) is 60.7 Å². The maximum absolute atomic E-state index is 5.79. The van der Waals surface area contributed by atoms with Gasteiger partial charge in [-0.3, -0.25) is 9.47 Å². The van der Waals surface area contributed by atoms with E-state index in [0.29, 0.717) is 6.04 Å². The van der Waals surface area contributed by atoms with Crippen molar-refractivity contribution in [3.8, 4) is 0 Å². The van der Waals surface area contributed by atoms with Gasteiger partial charge in [-0.05, 0) is 37.3 Å². The summed E-state index contributed by atoms with van der Waals surface area (Å²) in [6.07, 6.45) is 0. The Labute approximate surface area is 171 Å². The average molecular weight is 394 g/mol. The van der Waals surface area contributed by atoms with Crippen molar-refractivity contribution in [2.24, 2.45) is 0 Å². The third kappa shape index (κ3) is 4.09. The third-order valence-corrected chi connectivity index (χ3v) is 5.92. The molecule has 1 saturated heterocycles. The third-order valence-electron chi connectivity index (χ3n) is 5.49. The Morgan fingerprint density at radius 2 is 1.68 bits per heavy atom. The molecule has 6 heteroatoms. The minimum Gasteiger partial charge on any atom is -0.303 e. The standard InChI is InChI=1S/C22H27N5S/c1-18-23-27(22(28)26(18)15-19-9-5-3-6-10-19)17-25-14-13-24(2)16-21(25)20-11-7-4-8-12-20/h3-12,21H,13-17H2,1-2H3/t21-/m0/s1. The summed E-state index contributed by atoms with van der Waals surface area (Å²) in [6.45, 7) is 6.59. The molecule has 5 nitrogen and oxygen atoms in total. The molecular weight excluding hydrogens is 366 g/mol. The van der Waals surface area contributed by atoms with Crippen LogP contribution >= 0.6 is 12.2 Å². The first-order valence-electron chi connectivity index (χ1n) is 9.77. The number of hydrogen-bond donors (Lipinski definition) is 0. The van der Waals surface area contributed by atoms with Gasteiger partial charge in [0, 0.05) is 25.7 Å². The van der Waals surface area contributed by atoms with Gasteiger partial charge >= 0.3 is 0 Å². The molecule has 0 radical (unpaired) electrons. The van der Waals surface area contributed by atoms with E-state index in [9.17, 15) is 0 Å². The number of aromatic nitrogens is 3. The number of nitrogens with zero attached hydrogens (tertiary/aromatic N) is 5. The minimum absolute atomic E-state index is 0.349. The summed E-state index contributed by atoms with van der Waals surface area (Å²) in [5, 5.41) is 4.77. The fourth-order valence-corrected chi connectivity index (χ4v) is 4.17. The van der Waals surface area contributed by atoms with E-state index in [1.165, 1.54) is 11.1 Å². The lowest BCUT2D eigenvalue weighted by Crippen LogP contribution is -2.47. The summed E-state index contributed by atoms with van der Waals surface area (Å²) >= 11 is 5.79. The summed E-state index contributed by atoms with van der Waals surface area (Å²) in [5.74, 6) is 0.958. The van der Waals surface area contributed by atoms with Crippen LogP contribution in [-0.4, -0.2) is 50.8 Å². The number of piperazine rings is 1. The van der Waals surface area contributed by atoms with Crippen LogP contribution in [0.3, 0.4) is 0 Å². The zero-order valence-corrected chi connectivity index (χ0v) is 17.3. The van der Waals surface area contributed by atoms with Crippen molar-refractivity contribution in [2.75, 3.05) is 26.7 Å². The lowest BCUT2D eigenvalue weighted by Gasteiger charge is -2.40. The molecular formula is C22H27N5S. The summed E-state index contributed by atoms with van der Waals surface area (Å²) < 4.78 is 4.89. The molecule has 4 rings (SSSR count). The lowest BCUT2D eigenvalue weighted by molar-refractivity contribution is 0.0581. The molecule has 1 aliphatic rings. The van der Waals surface area contributed by atoms with Gasteiger partial charge in [0.05, 0.1) is 13.2 Å². The molecule has 1 aliphatic heterocycles. The van der Waals surface area contributed by atoms with Crippen LogP contribution in [0.5, 0.6) is 0 Å². The molecule has 0 unspecified atom stereocenters. The molecule has 1 aromatic heterocycles. The maximum Gasteiger partial charge on any atom is 0.199 e. The van der Waals surface area contributed by atoms with Crippen molar-refractivity contribution in [3.63, 3.8) is 0 Å². The molecule has 3 aromatic rings. The minimum atomic E-state index is 0.349. The highest BCUT2D eigenvalue weighted by Crippen LogP contribution is 2.25. The Morgan fingerprint density at radius 3 is 2.39 bits per heavy atom. The second-order valence-electron chi connectivity index (χ2n) is 7.54. The van der Waals surface area contributed by atoms with E-state index in [1.54, 1.807) is 0 Å². The molecule has 0 aliphatic carbocycles. The highest BCUT2D eigenvalue weighted by molar-refractivity contribution is 7.71. The lowest BCUT2D eigenvalue weighted by atomic mass is 10.0. The van der Waals surface area contributed by atoms with Crippen LogP contribution in [0.1, 0.15) is 23.0 Å². The highest BCUT2D eigenvalue weighted by atomic mass is 32.1. The van der Waals surface area contributed by atoms with E-state index in [-0.39, 0.29) is 0 Å². The topological polar surface area (TPSA) is 29.2 Å². The zero-order valence-electron chi connectivity index (χ0n) is 16.5. The monoisotopic (exact) mass is 393 g/mol. The van der Waals surface area contributed by atoms with Crippen LogP contribution in [-0.2, 0) is 13.2 Å². The fraction of sp³-hybridized carbons (Fsp3) is 0.364. The van der Waals surface area contributed by atoms with Gasteiger partial charge in [-0.15, -0.1) is 0 Å². The first-order chi connectivity index (χ1) is 13.6. The number of benzene rings is 2. The average Bonchev–Trinajstić information content (AvgIpc) is 2.98. The molecule has 0 spiro atoms. The second kappa shape index (κ2) is 8.39.